The first-order chi connectivity index (χ1) is 6.97. The minimum absolute atomic E-state index is 0.133. The van der Waals surface area contributed by atoms with E-state index in [2.05, 4.69) is 4.42 Å². The molecule has 1 aromatic rings. The number of furan rings is 1. The number of sulfone groups is 1. The van der Waals surface area contributed by atoms with Gasteiger partial charge < -0.3 is 9.52 Å². The van der Waals surface area contributed by atoms with E-state index in [4.69, 9.17) is 5.11 Å². The quantitative estimate of drug-likeness (QED) is 0.827. The molecule has 84 valence electrons. The second-order valence-electron chi connectivity index (χ2n) is 2.79. The molecule has 0 aliphatic heterocycles. The molecule has 0 atom stereocenters. The lowest BCUT2D eigenvalue weighted by Gasteiger charge is -1.97. The number of alkyl halides is 1. The fraction of sp³-hybridized carbons (Fsp3) is 0.375. The maximum absolute atomic E-state index is 11.8. The zero-order valence-electron chi connectivity index (χ0n) is 7.64. The summed E-state index contributed by atoms with van der Waals surface area (Å²) in [5.41, 5.74) is 0. The van der Waals surface area contributed by atoms with Gasteiger partial charge in [-0.05, 0) is 18.6 Å². The van der Waals surface area contributed by atoms with Gasteiger partial charge in [0, 0.05) is 0 Å². The predicted molar refractivity (Wildman–Crippen MR) is 48.3 cm³/mol. The predicted octanol–water partition coefficient (Wildman–Crippen LogP) is 1.11. The molecular weight excluding hydrogens is 227 g/mol. The maximum atomic E-state index is 11.8. The molecule has 0 saturated heterocycles. The fourth-order valence-corrected chi connectivity index (χ4v) is 2.13. The van der Waals surface area contributed by atoms with E-state index in [0.717, 1.165) is 12.1 Å². The van der Waals surface area contributed by atoms with Gasteiger partial charge in [-0.2, -0.15) is 0 Å². The van der Waals surface area contributed by atoms with Gasteiger partial charge in [0.1, 0.15) is 0 Å². The molecule has 0 radical (unpaired) electrons. The van der Waals surface area contributed by atoms with Crippen LogP contribution in [0.3, 0.4) is 0 Å². The summed E-state index contributed by atoms with van der Waals surface area (Å²) in [7, 11) is -3.71. The largest absolute Gasteiger partial charge is 0.475 e. The van der Waals surface area contributed by atoms with Crippen LogP contribution in [-0.2, 0) is 9.84 Å². The average molecular weight is 236 g/mol. The molecule has 0 aliphatic rings. The second-order valence-corrected chi connectivity index (χ2v) is 4.83. The molecule has 1 heterocycles. The van der Waals surface area contributed by atoms with Crippen molar-refractivity contribution >= 4 is 15.8 Å². The number of halogens is 1. The van der Waals surface area contributed by atoms with Crippen molar-refractivity contribution in [1.82, 2.24) is 0 Å². The first kappa shape index (κ1) is 11.7. The highest BCUT2D eigenvalue weighted by molar-refractivity contribution is 7.91. The molecule has 0 spiro atoms. The van der Waals surface area contributed by atoms with Gasteiger partial charge in [0.05, 0.1) is 12.4 Å². The van der Waals surface area contributed by atoms with Gasteiger partial charge in [0.2, 0.25) is 20.7 Å². The van der Waals surface area contributed by atoms with E-state index >= 15 is 0 Å². The van der Waals surface area contributed by atoms with Gasteiger partial charge in [-0.25, -0.2) is 13.2 Å². The van der Waals surface area contributed by atoms with Crippen molar-refractivity contribution in [3.8, 4) is 0 Å². The zero-order valence-corrected chi connectivity index (χ0v) is 8.46. The topological polar surface area (TPSA) is 84.6 Å². The number of carbonyl (C=O) groups is 1. The van der Waals surface area contributed by atoms with E-state index in [0.29, 0.717) is 0 Å². The summed E-state index contributed by atoms with van der Waals surface area (Å²) in [5, 5.41) is 8.05. The molecule has 5 nitrogen and oxygen atoms in total. The van der Waals surface area contributed by atoms with E-state index in [-0.39, 0.29) is 6.42 Å². The first-order valence-corrected chi connectivity index (χ1v) is 5.74. The van der Waals surface area contributed by atoms with Gasteiger partial charge in [0.25, 0.3) is 0 Å². The minimum atomic E-state index is -3.71. The summed E-state index contributed by atoms with van der Waals surface area (Å²) in [6, 6.07) is 2.10. The fourth-order valence-electron chi connectivity index (χ4n) is 0.947. The van der Waals surface area contributed by atoms with Crippen molar-refractivity contribution in [1.29, 1.82) is 0 Å². The van der Waals surface area contributed by atoms with E-state index < -0.39 is 39.1 Å². The smallest absolute Gasteiger partial charge is 0.371 e. The molecule has 15 heavy (non-hydrogen) atoms. The third-order valence-electron chi connectivity index (χ3n) is 1.65. The summed E-state index contributed by atoms with van der Waals surface area (Å²) in [6.45, 7) is -0.744. The Morgan fingerprint density at radius 2 is 2.13 bits per heavy atom. The highest BCUT2D eigenvalue weighted by Crippen LogP contribution is 2.16. The van der Waals surface area contributed by atoms with Gasteiger partial charge in [-0.3, -0.25) is 4.39 Å². The SMILES string of the molecule is O=C(O)c1ccc(S(=O)(=O)CCCF)o1. The molecule has 0 saturated carbocycles. The monoisotopic (exact) mass is 236 g/mol. The minimum Gasteiger partial charge on any atom is -0.475 e. The molecule has 1 N–H and O–H groups in total. The van der Waals surface area contributed by atoms with Crippen molar-refractivity contribution in [3.63, 3.8) is 0 Å². The maximum Gasteiger partial charge on any atom is 0.371 e. The van der Waals surface area contributed by atoms with Crippen LogP contribution >= 0.6 is 0 Å². The Hall–Kier alpha value is -1.37. The Balaban J connectivity index is 2.91. The standard InChI is InChI=1S/C8H9FO5S/c9-4-1-5-15(12,13)7-3-2-6(14-7)8(10)11/h2-3H,1,4-5H2,(H,10,11). The lowest BCUT2D eigenvalue weighted by atomic mass is 10.5. The number of hydrogen-bond acceptors (Lipinski definition) is 4. The van der Waals surface area contributed by atoms with Crippen LogP contribution in [0.5, 0.6) is 0 Å². The second kappa shape index (κ2) is 4.43. The zero-order chi connectivity index (χ0) is 11.5. The first-order valence-electron chi connectivity index (χ1n) is 4.09. The lowest BCUT2D eigenvalue weighted by molar-refractivity contribution is 0.0656. The molecular formula is C8H9FO5S. The summed E-state index contributed by atoms with van der Waals surface area (Å²) in [4.78, 5) is 10.4. The highest BCUT2D eigenvalue weighted by atomic mass is 32.2. The van der Waals surface area contributed by atoms with Crippen molar-refractivity contribution < 1.29 is 27.1 Å². The molecule has 0 aliphatic carbocycles. The van der Waals surface area contributed by atoms with E-state index in [9.17, 15) is 17.6 Å². The summed E-state index contributed by atoms with van der Waals surface area (Å²) < 4.78 is 39.1. The van der Waals surface area contributed by atoms with Crippen LogP contribution in [0.2, 0.25) is 0 Å². The van der Waals surface area contributed by atoms with Crippen LogP contribution in [0.25, 0.3) is 0 Å². The summed E-state index contributed by atoms with van der Waals surface area (Å²) >= 11 is 0. The molecule has 0 aromatic carbocycles. The van der Waals surface area contributed by atoms with Crippen LogP contribution < -0.4 is 0 Å². The Bertz CT molecular complexity index is 447. The number of carboxylic acids is 1. The Labute approximate surface area is 85.4 Å². The van der Waals surface area contributed by atoms with Crippen LogP contribution in [0, 0.1) is 0 Å². The van der Waals surface area contributed by atoms with E-state index in [1.165, 1.54) is 0 Å². The molecule has 1 aromatic heterocycles. The Morgan fingerprint density at radius 1 is 1.47 bits per heavy atom. The van der Waals surface area contributed by atoms with Crippen molar-refractivity contribution in [2.24, 2.45) is 0 Å². The molecule has 0 unspecified atom stereocenters. The number of rotatable bonds is 5. The molecule has 1 rings (SSSR count). The van der Waals surface area contributed by atoms with Gasteiger partial charge in [-0.1, -0.05) is 0 Å². The average Bonchev–Trinajstić information content (AvgIpc) is 2.64. The van der Waals surface area contributed by atoms with Crippen molar-refractivity contribution in [2.75, 3.05) is 12.4 Å². The third kappa shape index (κ3) is 2.79. The van der Waals surface area contributed by atoms with Crippen molar-refractivity contribution in [2.45, 2.75) is 11.5 Å². The molecule has 0 amide bonds. The molecule has 0 fully saturated rings. The summed E-state index contributed by atoms with van der Waals surface area (Å²) in [5.74, 6) is -2.19. The Morgan fingerprint density at radius 3 is 2.60 bits per heavy atom. The normalized spacial score (nSPS) is 11.5. The van der Waals surface area contributed by atoms with Crippen molar-refractivity contribution in [3.05, 3.63) is 17.9 Å². The van der Waals surface area contributed by atoms with Gasteiger partial charge >= 0.3 is 5.97 Å². The van der Waals surface area contributed by atoms with E-state index in [1.54, 1.807) is 0 Å². The van der Waals surface area contributed by atoms with Crippen LogP contribution in [0.1, 0.15) is 17.0 Å². The van der Waals surface area contributed by atoms with E-state index in [1.807, 2.05) is 0 Å². The van der Waals surface area contributed by atoms with Crippen LogP contribution in [-0.4, -0.2) is 31.9 Å². The number of aromatic carboxylic acids is 1. The van der Waals surface area contributed by atoms with Crippen LogP contribution in [0.15, 0.2) is 21.6 Å². The highest BCUT2D eigenvalue weighted by Gasteiger charge is 2.20. The molecule has 0 bridgehead atoms. The third-order valence-corrected chi connectivity index (χ3v) is 3.30. The Kier molecular flexibility index (Phi) is 3.46. The summed E-state index contributed by atoms with van der Waals surface area (Å²) in [6.07, 6.45) is -0.133. The van der Waals surface area contributed by atoms with Crippen LogP contribution in [0.4, 0.5) is 4.39 Å². The van der Waals surface area contributed by atoms with Gasteiger partial charge in [-0.15, -0.1) is 0 Å². The number of carboxylic acid groups (broad SMARTS) is 1. The lowest BCUT2D eigenvalue weighted by Crippen LogP contribution is -2.06. The number of hydrogen-bond donors (Lipinski definition) is 1. The van der Waals surface area contributed by atoms with Gasteiger partial charge in [0.15, 0.2) is 0 Å². The molecule has 7 heteroatoms.